The first-order chi connectivity index (χ1) is 9.08. The number of hydrogen-bond acceptors (Lipinski definition) is 2. The second-order valence-corrected chi connectivity index (χ2v) is 6.03. The van der Waals surface area contributed by atoms with E-state index in [1.54, 1.807) is 0 Å². The molecule has 0 saturated heterocycles. The van der Waals surface area contributed by atoms with Crippen molar-refractivity contribution in [1.29, 1.82) is 0 Å². The molecule has 1 rings (SSSR count). The summed E-state index contributed by atoms with van der Waals surface area (Å²) in [5.74, 6) is -0.0288. The van der Waals surface area contributed by atoms with Crippen LogP contribution in [0.5, 0.6) is 0 Å². The van der Waals surface area contributed by atoms with Crippen LogP contribution >= 0.6 is 31.9 Å². The van der Waals surface area contributed by atoms with Gasteiger partial charge in [-0.05, 0) is 60.2 Å². The molecule has 0 aromatic heterocycles. The van der Waals surface area contributed by atoms with Gasteiger partial charge in [0.25, 0.3) is 5.91 Å². The van der Waals surface area contributed by atoms with E-state index in [9.17, 15) is 4.79 Å². The predicted octanol–water partition coefficient (Wildman–Crippen LogP) is 3.67. The minimum atomic E-state index is -0.0288. The average Bonchev–Trinajstić information content (AvgIpc) is 2.38. The molecule has 0 atom stereocenters. The molecule has 0 bridgehead atoms. The van der Waals surface area contributed by atoms with Crippen LogP contribution in [-0.2, 0) is 0 Å². The summed E-state index contributed by atoms with van der Waals surface area (Å²) in [7, 11) is 0. The summed E-state index contributed by atoms with van der Waals surface area (Å²) >= 11 is 6.78. The van der Waals surface area contributed by atoms with E-state index >= 15 is 0 Å². The monoisotopic (exact) mass is 390 g/mol. The van der Waals surface area contributed by atoms with Crippen LogP contribution in [-0.4, -0.2) is 37.0 Å². The van der Waals surface area contributed by atoms with Gasteiger partial charge in [-0.2, -0.15) is 0 Å². The number of halogens is 2. The summed E-state index contributed by atoms with van der Waals surface area (Å²) in [5.41, 5.74) is 0.672. The van der Waals surface area contributed by atoms with Gasteiger partial charge in [-0.15, -0.1) is 0 Å². The number of nitrogens with zero attached hydrogens (tertiary/aromatic N) is 1. The van der Waals surface area contributed by atoms with Crippen molar-refractivity contribution < 1.29 is 4.79 Å². The lowest BCUT2D eigenvalue weighted by Crippen LogP contribution is -2.30. The van der Waals surface area contributed by atoms with E-state index < -0.39 is 0 Å². The van der Waals surface area contributed by atoms with Crippen LogP contribution in [0, 0.1) is 0 Å². The van der Waals surface area contributed by atoms with Gasteiger partial charge < -0.3 is 10.2 Å². The van der Waals surface area contributed by atoms with Gasteiger partial charge in [0.05, 0.1) is 5.56 Å². The van der Waals surface area contributed by atoms with E-state index in [1.165, 1.54) is 0 Å². The molecule has 0 saturated carbocycles. The maximum Gasteiger partial charge on any atom is 0.252 e. The SMILES string of the molecule is CCN(CC)CCCNC(=O)c1ccc(Br)cc1Br. The molecule has 1 N–H and O–H groups in total. The molecule has 1 aromatic rings. The van der Waals surface area contributed by atoms with E-state index in [1.807, 2.05) is 18.2 Å². The van der Waals surface area contributed by atoms with Gasteiger partial charge in [0.2, 0.25) is 0 Å². The highest BCUT2D eigenvalue weighted by Gasteiger charge is 2.09. The third-order valence-electron chi connectivity index (χ3n) is 3.01. The first kappa shape index (κ1) is 16.7. The third-order valence-corrected chi connectivity index (χ3v) is 4.16. The van der Waals surface area contributed by atoms with Gasteiger partial charge in [-0.3, -0.25) is 4.79 Å². The zero-order chi connectivity index (χ0) is 14.3. The summed E-state index contributed by atoms with van der Waals surface area (Å²) in [5, 5.41) is 2.95. The molecule has 0 radical (unpaired) electrons. The minimum absolute atomic E-state index is 0.0288. The predicted molar refractivity (Wildman–Crippen MR) is 86.6 cm³/mol. The summed E-state index contributed by atoms with van der Waals surface area (Å²) in [6, 6.07) is 5.56. The Morgan fingerprint density at radius 3 is 2.53 bits per heavy atom. The fraction of sp³-hybridized carbons (Fsp3) is 0.500. The molecule has 1 aromatic carbocycles. The lowest BCUT2D eigenvalue weighted by molar-refractivity contribution is 0.0951. The highest BCUT2D eigenvalue weighted by atomic mass is 79.9. The lowest BCUT2D eigenvalue weighted by Gasteiger charge is -2.17. The third kappa shape index (κ3) is 5.63. The zero-order valence-corrected chi connectivity index (χ0v) is 14.6. The Kier molecular flexibility index (Phi) is 7.64. The Morgan fingerprint density at radius 1 is 1.26 bits per heavy atom. The molecule has 0 aliphatic heterocycles. The normalized spacial score (nSPS) is 10.8. The van der Waals surface area contributed by atoms with Crippen molar-refractivity contribution >= 4 is 37.8 Å². The van der Waals surface area contributed by atoms with Gasteiger partial charge in [-0.25, -0.2) is 0 Å². The Bertz CT molecular complexity index is 420. The van der Waals surface area contributed by atoms with Gasteiger partial charge in [0.15, 0.2) is 0 Å². The van der Waals surface area contributed by atoms with Crippen molar-refractivity contribution in [1.82, 2.24) is 10.2 Å². The summed E-state index contributed by atoms with van der Waals surface area (Å²) < 4.78 is 1.76. The highest BCUT2D eigenvalue weighted by molar-refractivity contribution is 9.11. The van der Waals surface area contributed by atoms with E-state index in [2.05, 4.69) is 55.9 Å². The molecular formula is C14H20Br2N2O. The van der Waals surface area contributed by atoms with E-state index in [-0.39, 0.29) is 5.91 Å². The standard InChI is InChI=1S/C14H20Br2N2O/c1-3-18(4-2)9-5-8-17-14(19)12-7-6-11(15)10-13(12)16/h6-7,10H,3-5,8-9H2,1-2H3,(H,17,19). The van der Waals surface area contributed by atoms with E-state index in [0.29, 0.717) is 12.1 Å². The largest absolute Gasteiger partial charge is 0.352 e. The maximum atomic E-state index is 12.0. The van der Waals surface area contributed by atoms with Crippen LogP contribution in [0.15, 0.2) is 27.1 Å². The van der Waals surface area contributed by atoms with Gasteiger partial charge >= 0.3 is 0 Å². The summed E-state index contributed by atoms with van der Waals surface area (Å²) in [4.78, 5) is 14.3. The highest BCUT2D eigenvalue weighted by Crippen LogP contribution is 2.21. The topological polar surface area (TPSA) is 32.3 Å². The van der Waals surface area contributed by atoms with Crippen LogP contribution in [0.4, 0.5) is 0 Å². The smallest absolute Gasteiger partial charge is 0.252 e. The first-order valence-electron chi connectivity index (χ1n) is 6.54. The summed E-state index contributed by atoms with van der Waals surface area (Å²) in [6.45, 7) is 8.15. The number of hydrogen-bond donors (Lipinski definition) is 1. The molecule has 0 fully saturated rings. The Balaban J connectivity index is 2.39. The Hall–Kier alpha value is -0.390. The van der Waals surface area contributed by atoms with Crippen LogP contribution in [0.25, 0.3) is 0 Å². The van der Waals surface area contributed by atoms with Crippen LogP contribution in [0.1, 0.15) is 30.6 Å². The van der Waals surface area contributed by atoms with Crippen molar-refractivity contribution in [2.24, 2.45) is 0 Å². The molecule has 106 valence electrons. The fourth-order valence-electron chi connectivity index (χ4n) is 1.81. The Labute approximate surface area is 132 Å². The number of nitrogens with one attached hydrogen (secondary N) is 1. The van der Waals surface area contributed by atoms with Gasteiger partial charge in [-0.1, -0.05) is 29.8 Å². The van der Waals surface area contributed by atoms with E-state index in [0.717, 1.165) is 35.0 Å². The molecule has 0 aliphatic rings. The first-order valence-corrected chi connectivity index (χ1v) is 8.12. The maximum absolute atomic E-state index is 12.0. The zero-order valence-electron chi connectivity index (χ0n) is 11.4. The number of benzene rings is 1. The van der Waals surface area contributed by atoms with Crippen molar-refractivity contribution in [2.45, 2.75) is 20.3 Å². The molecule has 0 spiro atoms. The molecule has 0 unspecified atom stereocenters. The second kappa shape index (κ2) is 8.72. The van der Waals surface area contributed by atoms with Crippen LogP contribution < -0.4 is 5.32 Å². The minimum Gasteiger partial charge on any atom is -0.352 e. The molecular weight excluding hydrogens is 372 g/mol. The average molecular weight is 392 g/mol. The molecule has 19 heavy (non-hydrogen) atoms. The molecule has 1 amide bonds. The quantitative estimate of drug-likeness (QED) is 0.719. The van der Waals surface area contributed by atoms with Crippen LogP contribution in [0.2, 0.25) is 0 Å². The van der Waals surface area contributed by atoms with Crippen molar-refractivity contribution in [3.63, 3.8) is 0 Å². The number of amides is 1. The number of carbonyl (C=O) groups is 1. The molecule has 0 heterocycles. The second-order valence-electron chi connectivity index (χ2n) is 4.26. The lowest BCUT2D eigenvalue weighted by atomic mass is 10.2. The van der Waals surface area contributed by atoms with Gasteiger partial charge in [0, 0.05) is 15.5 Å². The van der Waals surface area contributed by atoms with Crippen molar-refractivity contribution in [3.8, 4) is 0 Å². The molecule has 3 nitrogen and oxygen atoms in total. The Morgan fingerprint density at radius 2 is 1.95 bits per heavy atom. The fourth-order valence-corrected chi connectivity index (χ4v) is 3.04. The summed E-state index contributed by atoms with van der Waals surface area (Å²) in [6.07, 6.45) is 0.974. The van der Waals surface area contributed by atoms with Crippen molar-refractivity contribution in [2.75, 3.05) is 26.2 Å². The molecule has 0 aliphatic carbocycles. The van der Waals surface area contributed by atoms with E-state index in [4.69, 9.17) is 0 Å². The van der Waals surface area contributed by atoms with Crippen molar-refractivity contribution in [3.05, 3.63) is 32.7 Å². The number of rotatable bonds is 7. The molecule has 5 heteroatoms. The number of carbonyl (C=O) groups excluding carboxylic acids is 1. The van der Waals surface area contributed by atoms with Gasteiger partial charge in [0.1, 0.15) is 0 Å². The van der Waals surface area contributed by atoms with Crippen LogP contribution in [0.3, 0.4) is 0 Å².